The first kappa shape index (κ1) is 13.0. The van der Waals surface area contributed by atoms with Crippen LogP contribution in [-0.2, 0) is 0 Å². The fourth-order valence-corrected chi connectivity index (χ4v) is 2.31. The summed E-state index contributed by atoms with van der Waals surface area (Å²) in [4.78, 5) is 0. The first-order valence-electron chi connectivity index (χ1n) is 5.78. The van der Waals surface area contributed by atoms with Gasteiger partial charge < -0.3 is 5.73 Å². The quantitative estimate of drug-likeness (QED) is 0.670. The van der Waals surface area contributed by atoms with Crippen molar-refractivity contribution in [2.45, 2.75) is 72.3 Å². The Balaban J connectivity index is 4.68. The summed E-state index contributed by atoms with van der Waals surface area (Å²) in [5, 5.41) is 0. The monoisotopic (exact) mass is 185 g/mol. The minimum atomic E-state index is 0.0469. The third-order valence-electron chi connectivity index (χ3n) is 4.09. The van der Waals surface area contributed by atoms with Crippen molar-refractivity contribution in [1.82, 2.24) is 0 Å². The van der Waals surface area contributed by atoms with Crippen LogP contribution in [0.5, 0.6) is 0 Å². The highest BCUT2D eigenvalue weighted by Gasteiger charge is 2.40. The Kier molecular flexibility index (Phi) is 4.98. The van der Waals surface area contributed by atoms with Gasteiger partial charge in [-0.25, -0.2) is 0 Å². The summed E-state index contributed by atoms with van der Waals surface area (Å²) < 4.78 is 0. The highest BCUT2D eigenvalue weighted by molar-refractivity contribution is 4.97. The van der Waals surface area contributed by atoms with Crippen LogP contribution in [-0.4, -0.2) is 5.54 Å². The van der Waals surface area contributed by atoms with Gasteiger partial charge in [-0.05, 0) is 31.1 Å². The van der Waals surface area contributed by atoms with Crippen LogP contribution in [0.1, 0.15) is 66.7 Å². The lowest BCUT2D eigenvalue weighted by Gasteiger charge is -2.45. The fraction of sp³-hybridized carbons (Fsp3) is 1.00. The minimum absolute atomic E-state index is 0.0469. The number of hydrogen-bond acceptors (Lipinski definition) is 1. The van der Waals surface area contributed by atoms with Gasteiger partial charge in [0.1, 0.15) is 0 Å². The molecule has 0 rings (SSSR count). The molecule has 0 aromatic carbocycles. The van der Waals surface area contributed by atoms with Crippen LogP contribution in [0.2, 0.25) is 0 Å². The van der Waals surface area contributed by atoms with Gasteiger partial charge >= 0.3 is 0 Å². The van der Waals surface area contributed by atoms with E-state index in [-0.39, 0.29) is 5.54 Å². The molecule has 0 bridgehead atoms. The van der Waals surface area contributed by atoms with Gasteiger partial charge in [0.15, 0.2) is 0 Å². The van der Waals surface area contributed by atoms with E-state index >= 15 is 0 Å². The lowest BCUT2D eigenvalue weighted by molar-refractivity contribution is 0.111. The molecular formula is C12H27N. The molecule has 13 heavy (non-hydrogen) atoms. The molecule has 0 fully saturated rings. The molecule has 2 N–H and O–H groups in total. The highest BCUT2D eigenvalue weighted by atomic mass is 14.8. The Hall–Kier alpha value is -0.0400. The Morgan fingerprint density at radius 1 is 0.923 bits per heavy atom. The zero-order valence-electron chi connectivity index (χ0n) is 10.1. The van der Waals surface area contributed by atoms with Gasteiger partial charge in [-0.15, -0.1) is 0 Å². The van der Waals surface area contributed by atoms with Crippen molar-refractivity contribution in [2.24, 2.45) is 11.1 Å². The van der Waals surface area contributed by atoms with Crippen LogP contribution in [0.3, 0.4) is 0 Å². The maximum Gasteiger partial charge on any atom is 0.0205 e. The van der Waals surface area contributed by atoms with Crippen LogP contribution in [0.15, 0.2) is 0 Å². The van der Waals surface area contributed by atoms with Crippen molar-refractivity contribution in [3.05, 3.63) is 0 Å². The number of rotatable bonds is 6. The highest BCUT2D eigenvalue weighted by Crippen LogP contribution is 2.41. The lowest BCUT2D eigenvalue weighted by atomic mass is 9.64. The van der Waals surface area contributed by atoms with Crippen molar-refractivity contribution >= 4 is 0 Å². The van der Waals surface area contributed by atoms with Crippen LogP contribution < -0.4 is 5.73 Å². The summed E-state index contributed by atoms with van der Waals surface area (Å²) in [6, 6.07) is 0. The van der Waals surface area contributed by atoms with E-state index in [1.165, 1.54) is 19.3 Å². The second-order valence-electron chi connectivity index (χ2n) is 4.53. The molecule has 0 saturated heterocycles. The molecule has 1 nitrogen and oxygen atoms in total. The van der Waals surface area contributed by atoms with E-state index in [0.29, 0.717) is 5.41 Å². The van der Waals surface area contributed by atoms with E-state index in [1.807, 2.05) is 0 Å². The predicted molar refractivity (Wildman–Crippen MR) is 60.8 cm³/mol. The smallest absolute Gasteiger partial charge is 0.0205 e. The van der Waals surface area contributed by atoms with Crippen molar-refractivity contribution in [3.8, 4) is 0 Å². The van der Waals surface area contributed by atoms with Crippen molar-refractivity contribution in [3.63, 3.8) is 0 Å². The zero-order chi connectivity index (χ0) is 10.5. The molecule has 0 aromatic heterocycles. The Labute approximate surface area is 84.1 Å². The summed E-state index contributed by atoms with van der Waals surface area (Å²) in [5.74, 6) is 0. The number of nitrogens with two attached hydrogens (primary N) is 1. The van der Waals surface area contributed by atoms with Crippen LogP contribution >= 0.6 is 0 Å². The van der Waals surface area contributed by atoms with E-state index in [9.17, 15) is 0 Å². The molecule has 0 saturated carbocycles. The van der Waals surface area contributed by atoms with Crippen molar-refractivity contribution in [1.29, 1.82) is 0 Å². The largest absolute Gasteiger partial charge is 0.325 e. The average molecular weight is 185 g/mol. The summed E-state index contributed by atoms with van der Waals surface area (Å²) in [6.07, 6.45) is 5.82. The van der Waals surface area contributed by atoms with Gasteiger partial charge in [-0.2, -0.15) is 0 Å². The zero-order valence-corrected chi connectivity index (χ0v) is 10.1. The first-order chi connectivity index (χ1) is 5.99. The molecule has 0 aliphatic carbocycles. The van der Waals surface area contributed by atoms with Crippen molar-refractivity contribution < 1.29 is 0 Å². The fourth-order valence-electron chi connectivity index (χ4n) is 2.31. The second kappa shape index (κ2) is 4.99. The first-order valence-corrected chi connectivity index (χ1v) is 5.78. The molecule has 1 unspecified atom stereocenters. The van der Waals surface area contributed by atoms with Gasteiger partial charge in [-0.1, -0.05) is 41.0 Å². The molecule has 0 amide bonds. The minimum Gasteiger partial charge on any atom is -0.325 e. The van der Waals surface area contributed by atoms with Gasteiger partial charge in [0, 0.05) is 5.54 Å². The van der Waals surface area contributed by atoms with Crippen LogP contribution in [0.4, 0.5) is 0 Å². The van der Waals surface area contributed by atoms with E-state index in [0.717, 1.165) is 12.8 Å². The van der Waals surface area contributed by atoms with Gasteiger partial charge in [0.05, 0.1) is 0 Å². The maximum absolute atomic E-state index is 6.51. The van der Waals surface area contributed by atoms with Gasteiger partial charge in [-0.3, -0.25) is 0 Å². The second-order valence-corrected chi connectivity index (χ2v) is 4.53. The van der Waals surface area contributed by atoms with Crippen molar-refractivity contribution in [2.75, 3.05) is 0 Å². The third-order valence-corrected chi connectivity index (χ3v) is 4.09. The standard InChI is InChI=1S/C12H27N/c1-6-10-12(13,9-4)11(5,7-2)8-3/h6-10,13H2,1-5H3. The molecule has 0 spiro atoms. The topological polar surface area (TPSA) is 26.0 Å². The summed E-state index contributed by atoms with van der Waals surface area (Å²) in [6.45, 7) is 11.3. The summed E-state index contributed by atoms with van der Waals surface area (Å²) >= 11 is 0. The van der Waals surface area contributed by atoms with E-state index in [4.69, 9.17) is 5.73 Å². The maximum atomic E-state index is 6.51. The van der Waals surface area contributed by atoms with Gasteiger partial charge in [0.25, 0.3) is 0 Å². The van der Waals surface area contributed by atoms with Crippen LogP contribution in [0.25, 0.3) is 0 Å². The molecule has 0 aliphatic rings. The Morgan fingerprint density at radius 2 is 1.38 bits per heavy atom. The molecular weight excluding hydrogens is 158 g/mol. The number of hydrogen-bond donors (Lipinski definition) is 1. The van der Waals surface area contributed by atoms with E-state index < -0.39 is 0 Å². The molecule has 1 heteroatoms. The van der Waals surface area contributed by atoms with E-state index in [2.05, 4.69) is 34.6 Å². The molecule has 1 atom stereocenters. The molecule has 0 aliphatic heterocycles. The average Bonchev–Trinajstić information content (AvgIpc) is 2.16. The van der Waals surface area contributed by atoms with Gasteiger partial charge in [0.2, 0.25) is 0 Å². The summed E-state index contributed by atoms with van der Waals surface area (Å²) in [5.41, 5.74) is 6.87. The SMILES string of the molecule is CCCC(N)(CC)C(C)(CC)CC. The summed E-state index contributed by atoms with van der Waals surface area (Å²) in [7, 11) is 0. The molecule has 0 heterocycles. The van der Waals surface area contributed by atoms with Crippen LogP contribution in [0, 0.1) is 5.41 Å². The molecule has 0 aromatic rings. The normalized spacial score (nSPS) is 17.1. The molecule has 0 radical (unpaired) electrons. The Bertz CT molecular complexity index is 138. The van der Waals surface area contributed by atoms with E-state index in [1.54, 1.807) is 0 Å². The lowest BCUT2D eigenvalue weighted by Crippen LogP contribution is -2.53. The molecule has 80 valence electrons. The predicted octanol–water partition coefficient (Wildman–Crippen LogP) is 3.72. The third kappa shape index (κ3) is 2.46. The Morgan fingerprint density at radius 3 is 1.62 bits per heavy atom.